The number of hydrogen-bond acceptors (Lipinski definition) is 2. The first-order valence-electron chi connectivity index (χ1n) is 8.14. The van der Waals surface area contributed by atoms with Crippen molar-refractivity contribution in [2.24, 2.45) is 5.92 Å². The van der Waals surface area contributed by atoms with Crippen LogP contribution in [0.3, 0.4) is 0 Å². The number of halogens is 1. The molecule has 2 fully saturated rings. The van der Waals surface area contributed by atoms with Crippen LogP contribution in [0.4, 0.5) is 14.9 Å². The summed E-state index contributed by atoms with van der Waals surface area (Å²) in [7, 11) is 0. The van der Waals surface area contributed by atoms with Crippen LogP contribution in [-0.2, 0) is 4.79 Å². The number of hydrogen-bond donors (Lipinski definition) is 1. The first-order valence-corrected chi connectivity index (χ1v) is 8.14. The van der Waals surface area contributed by atoms with Gasteiger partial charge in [0.05, 0.1) is 6.04 Å². The lowest BCUT2D eigenvalue weighted by Crippen LogP contribution is -2.49. The lowest BCUT2D eigenvalue weighted by atomic mass is 10.0. The van der Waals surface area contributed by atoms with Gasteiger partial charge in [-0.3, -0.25) is 4.79 Å². The topological polar surface area (TPSA) is 52.7 Å². The Bertz CT molecular complexity index is 590. The van der Waals surface area contributed by atoms with Gasteiger partial charge in [0.1, 0.15) is 5.82 Å². The Hall–Kier alpha value is -2.11. The van der Waals surface area contributed by atoms with Crippen molar-refractivity contribution in [2.75, 3.05) is 24.5 Å². The molecule has 1 N–H and O–H groups in total. The third-order valence-electron chi connectivity index (χ3n) is 4.54. The summed E-state index contributed by atoms with van der Waals surface area (Å²) in [5, 5.41) is 2.96. The lowest BCUT2D eigenvalue weighted by Gasteiger charge is -2.31. The first kappa shape index (κ1) is 15.8. The van der Waals surface area contributed by atoms with Gasteiger partial charge in [-0.2, -0.15) is 0 Å². The summed E-state index contributed by atoms with van der Waals surface area (Å²) >= 11 is 0. The van der Waals surface area contributed by atoms with Gasteiger partial charge in [-0.15, -0.1) is 0 Å². The minimum absolute atomic E-state index is 0.0473. The highest BCUT2D eigenvalue weighted by molar-refractivity contribution is 5.96. The molecule has 3 amide bonds. The molecule has 2 aliphatic rings. The van der Waals surface area contributed by atoms with Crippen molar-refractivity contribution in [2.45, 2.75) is 32.2 Å². The summed E-state index contributed by atoms with van der Waals surface area (Å²) in [6.07, 6.45) is 2.47. The van der Waals surface area contributed by atoms with Crippen molar-refractivity contribution in [3.63, 3.8) is 0 Å². The van der Waals surface area contributed by atoms with E-state index in [0.29, 0.717) is 18.2 Å². The SMILES string of the molecule is C[C@@H]1CCCN(C(=O)N[C@@H]2CC(=O)N(c3ccc(F)cc3)C2)C1. The van der Waals surface area contributed by atoms with E-state index in [-0.39, 0.29) is 30.2 Å². The molecule has 23 heavy (non-hydrogen) atoms. The van der Waals surface area contributed by atoms with E-state index in [0.717, 1.165) is 25.9 Å². The van der Waals surface area contributed by atoms with E-state index in [9.17, 15) is 14.0 Å². The molecule has 2 heterocycles. The molecular weight excluding hydrogens is 297 g/mol. The van der Waals surface area contributed by atoms with Gasteiger partial charge in [0, 0.05) is 31.7 Å². The zero-order chi connectivity index (χ0) is 16.4. The maximum Gasteiger partial charge on any atom is 0.317 e. The monoisotopic (exact) mass is 319 g/mol. The van der Waals surface area contributed by atoms with Crippen LogP contribution in [0.25, 0.3) is 0 Å². The van der Waals surface area contributed by atoms with Gasteiger partial charge in [0.15, 0.2) is 0 Å². The van der Waals surface area contributed by atoms with Crippen molar-refractivity contribution >= 4 is 17.6 Å². The number of benzene rings is 1. The van der Waals surface area contributed by atoms with Gasteiger partial charge < -0.3 is 15.1 Å². The Balaban J connectivity index is 1.59. The molecule has 1 aromatic rings. The van der Waals surface area contributed by atoms with Crippen molar-refractivity contribution in [1.82, 2.24) is 10.2 Å². The number of anilines is 1. The predicted octanol–water partition coefficient (Wildman–Crippen LogP) is 2.37. The van der Waals surface area contributed by atoms with Gasteiger partial charge in [0.2, 0.25) is 5.91 Å². The summed E-state index contributed by atoms with van der Waals surface area (Å²) < 4.78 is 13.0. The highest BCUT2D eigenvalue weighted by Crippen LogP contribution is 2.22. The molecule has 3 rings (SSSR count). The van der Waals surface area contributed by atoms with Gasteiger partial charge in [-0.1, -0.05) is 6.92 Å². The number of amides is 3. The molecule has 1 aromatic carbocycles. The number of nitrogens with one attached hydrogen (secondary N) is 1. The van der Waals surface area contributed by atoms with E-state index in [1.807, 2.05) is 4.90 Å². The molecule has 124 valence electrons. The average molecular weight is 319 g/mol. The Morgan fingerprint density at radius 1 is 1.26 bits per heavy atom. The number of rotatable bonds is 2. The second kappa shape index (κ2) is 6.56. The highest BCUT2D eigenvalue weighted by Gasteiger charge is 2.33. The molecule has 0 saturated carbocycles. The molecule has 0 unspecified atom stereocenters. The van der Waals surface area contributed by atoms with Gasteiger partial charge in [0.25, 0.3) is 0 Å². The normalized spacial score (nSPS) is 24.9. The van der Waals surface area contributed by atoms with E-state index in [1.165, 1.54) is 12.1 Å². The minimum atomic E-state index is -0.329. The third kappa shape index (κ3) is 3.63. The van der Waals surface area contributed by atoms with Crippen molar-refractivity contribution in [3.8, 4) is 0 Å². The quantitative estimate of drug-likeness (QED) is 0.910. The minimum Gasteiger partial charge on any atom is -0.333 e. The summed E-state index contributed by atoms with van der Waals surface area (Å²) in [6.45, 7) is 4.13. The maximum atomic E-state index is 13.0. The second-order valence-corrected chi connectivity index (χ2v) is 6.52. The smallest absolute Gasteiger partial charge is 0.317 e. The van der Waals surface area contributed by atoms with Gasteiger partial charge in [-0.25, -0.2) is 9.18 Å². The van der Waals surface area contributed by atoms with Crippen LogP contribution >= 0.6 is 0 Å². The van der Waals surface area contributed by atoms with Crippen LogP contribution in [0, 0.1) is 11.7 Å². The van der Waals surface area contributed by atoms with Crippen LogP contribution in [0.1, 0.15) is 26.2 Å². The predicted molar refractivity (Wildman–Crippen MR) is 85.7 cm³/mol. The molecule has 2 aliphatic heterocycles. The Morgan fingerprint density at radius 3 is 2.70 bits per heavy atom. The molecule has 0 spiro atoms. The standard InChI is InChI=1S/C17H22FN3O2/c1-12-3-2-8-20(10-12)17(23)19-14-9-16(22)21(11-14)15-6-4-13(18)5-7-15/h4-7,12,14H,2-3,8-11H2,1H3,(H,19,23)/t12-,14-/m1/s1. The Morgan fingerprint density at radius 2 is 2.00 bits per heavy atom. The summed E-state index contributed by atoms with van der Waals surface area (Å²) in [5.74, 6) is 0.147. The van der Waals surface area contributed by atoms with E-state index in [1.54, 1.807) is 17.0 Å². The molecular formula is C17H22FN3O2. The maximum absolute atomic E-state index is 13.0. The molecule has 0 radical (unpaired) electrons. The van der Waals surface area contributed by atoms with Crippen LogP contribution in [0.15, 0.2) is 24.3 Å². The zero-order valence-electron chi connectivity index (χ0n) is 13.3. The Labute approximate surface area is 135 Å². The van der Waals surface area contributed by atoms with Crippen molar-refractivity contribution in [1.29, 1.82) is 0 Å². The molecule has 6 heteroatoms. The number of urea groups is 1. The molecule has 5 nitrogen and oxygen atoms in total. The molecule has 0 aromatic heterocycles. The van der Waals surface area contributed by atoms with Gasteiger partial charge in [-0.05, 0) is 43.0 Å². The lowest BCUT2D eigenvalue weighted by molar-refractivity contribution is -0.117. The van der Waals surface area contributed by atoms with Crippen LogP contribution in [-0.4, -0.2) is 42.5 Å². The van der Waals surface area contributed by atoms with Crippen LogP contribution in [0.2, 0.25) is 0 Å². The Kier molecular flexibility index (Phi) is 4.50. The molecule has 0 aliphatic carbocycles. The van der Waals surface area contributed by atoms with E-state index in [4.69, 9.17) is 0 Å². The fraction of sp³-hybridized carbons (Fsp3) is 0.529. The summed E-state index contributed by atoms with van der Waals surface area (Å²) in [6, 6.07) is 5.56. The largest absolute Gasteiger partial charge is 0.333 e. The van der Waals surface area contributed by atoms with Gasteiger partial charge >= 0.3 is 6.03 Å². The average Bonchev–Trinajstić information content (AvgIpc) is 2.88. The van der Waals surface area contributed by atoms with Crippen molar-refractivity contribution in [3.05, 3.63) is 30.1 Å². The van der Waals surface area contributed by atoms with Crippen LogP contribution in [0.5, 0.6) is 0 Å². The second-order valence-electron chi connectivity index (χ2n) is 6.52. The number of carbonyl (C=O) groups is 2. The zero-order valence-corrected chi connectivity index (χ0v) is 13.3. The summed E-state index contributed by atoms with van der Waals surface area (Å²) in [4.78, 5) is 27.9. The number of nitrogens with zero attached hydrogens (tertiary/aromatic N) is 2. The van der Waals surface area contributed by atoms with E-state index < -0.39 is 0 Å². The van der Waals surface area contributed by atoms with Crippen molar-refractivity contribution < 1.29 is 14.0 Å². The van der Waals surface area contributed by atoms with E-state index >= 15 is 0 Å². The fourth-order valence-electron chi connectivity index (χ4n) is 3.31. The fourth-order valence-corrected chi connectivity index (χ4v) is 3.31. The highest BCUT2D eigenvalue weighted by atomic mass is 19.1. The summed E-state index contributed by atoms with van der Waals surface area (Å²) in [5.41, 5.74) is 0.666. The van der Waals surface area contributed by atoms with Crippen LogP contribution < -0.4 is 10.2 Å². The third-order valence-corrected chi connectivity index (χ3v) is 4.54. The molecule has 2 saturated heterocycles. The number of likely N-dealkylation sites (tertiary alicyclic amines) is 1. The molecule has 0 bridgehead atoms. The van der Waals surface area contributed by atoms with E-state index in [2.05, 4.69) is 12.2 Å². The number of carbonyl (C=O) groups excluding carboxylic acids is 2. The molecule has 2 atom stereocenters. The first-order chi connectivity index (χ1) is 11.0. The number of piperidine rings is 1.